The van der Waals surface area contributed by atoms with Gasteiger partial charge in [-0.2, -0.15) is 39.5 Å². The molecule has 5 N–H and O–H groups in total. The maximum atomic E-state index is 12.8. The Labute approximate surface area is 299 Å². The topological polar surface area (TPSA) is 194 Å². The number of carboxylic acid groups (broad SMARTS) is 3. The molecule has 0 unspecified atom stereocenters. The maximum Gasteiger partial charge on any atom is 0.490 e. The van der Waals surface area contributed by atoms with E-state index in [2.05, 4.69) is 31.5 Å². The van der Waals surface area contributed by atoms with Gasteiger partial charge in [-0.25, -0.2) is 14.4 Å². The number of hydrogen-bond acceptors (Lipinski definition) is 8. The highest BCUT2D eigenvalue weighted by molar-refractivity contribution is 5.98. The lowest BCUT2D eigenvalue weighted by Gasteiger charge is -2.42. The Bertz CT molecular complexity index is 1700. The summed E-state index contributed by atoms with van der Waals surface area (Å²) in [5.41, 5.74) is 2.39. The summed E-state index contributed by atoms with van der Waals surface area (Å²) in [6.07, 6.45) is -10.0. The average Bonchev–Trinajstić information content (AvgIpc) is 3.57. The number of piperidine rings is 1. The van der Waals surface area contributed by atoms with E-state index in [0.29, 0.717) is 25.5 Å². The van der Waals surface area contributed by atoms with Crippen molar-refractivity contribution in [2.24, 2.45) is 7.05 Å². The number of likely N-dealkylation sites (tertiary alicyclic amines) is 1. The molecule has 2 amide bonds. The van der Waals surface area contributed by atoms with E-state index in [4.69, 9.17) is 29.7 Å². The lowest BCUT2D eigenvalue weighted by molar-refractivity contribution is -0.193. The number of rotatable bonds is 6. The number of amides is 2. The van der Waals surface area contributed by atoms with Crippen LogP contribution in [-0.4, -0.2) is 121 Å². The summed E-state index contributed by atoms with van der Waals surface area (Å²) >= 11 is 0. The lowest BCUT2D eigenvalue weighted by atomic mass is 9.86. The van der Waals surface area contributed by atoms with Crippen molar-refractivity contribution in [2.45, 2.75) is 43.5 Å². The summed E-state index contributed by atoms with van der Waals surface area (Å²) in [7, 11) is 1.92. The second kappa shape index (κ2) is 18.5. The first-order valence-corrected chi connectivity index (χ1v) is 15.3. The second-order valence-electron chi connectivity index (χ2n) is 11.4. The third kappa shape index (κ3) is 12.9. The molecule has 54 heavy (non-hydrogen) atoms. The fraction of sp³-hybridized carbons (Fsp3) is 0.419. The summed E-state index contributed by atoms with van der Waals surface area (Å²) in [6.45, 7) is 4.32. The van der Waals surface area contributed by atoms with E-state index in [9.17, 15) is 49.1 Å². The summed E-state index contributed by atoms with van der Waals surface area (Å²) in [4.78, 5) is 61.0. The van der Waals surface area contributed by atoms with E-state index in [1.807, 2.05) is 54.2 Å². The SMILES string of the molecule is Cn1c(C(=O)NCCN2CCC3(CC2)C(=O)NCN3Cc2cccnc2)cc2ccccc21.O=C(O)C(F)(F)F.O=C(O)C(F)(F)F.O=C(O)C(F)(F)F. The van der Waals surface area contributed by atoms with Gasteiger partial charge in [-0.3, -0.25) is 19.5 Å². The molecule has 0 saturated carbocycles. The molecule has 298 valence electrons. The van der Waals surface area contributed by atoms with Crippen LogP contribution in [0.1, 0.15) is 28.9 Å². The summed E-state index contributed by atoms with van der Waals surface area (Å²) in [6, 6.07) is 13.9. The van der Waals surface area contributed by atoms with Crippen LogP contribution in [0.15, 0.2) is 54.9 Å². The molecule has 5 rings (SSSR count). The largest absolute Gasteiger partial charge is 0.490 e. The number of halogens is 9. The summed E-state index contributed by atoms with van der Waals surface area (Å²) in [5.74, 6) is -8.19. The van der Waals surface area contributed by atoms with Crippen LogP contribution >= 0.6 is 0 Å². The molecular weight excluding hydrogens is 755 g/mol. The fourth-order valence-electron chi connectivity index (χ4n) is 5.16. The minimum absolute atomic E-state index is 0.0556. The monoisotopic (exact) mass is 788 g/mol. The van der Waals surface area contributed by atoms with Crippen molar-refractivity contribution >= 4 is 40.6 Å². The number of hydrogen-bond donors (Lipinski definition) is 5. The van der Waals surface area contributed by atoms with Crippen molar-refractivity contribution in [1.82, 2.24) is 30.0 Å². The molecule has 2 saturated heterocycles. The maximum absolute atomic E-state index is 12.8. The van der Waals surface area contributed by atoms with Crippen LogP contribution in [-0.2, 0) is 32.8 Å². The molecule has 14 nitrogen and oxygen atoms in total. The van der Waals surface area contributed by atoms with Gasteiger partial charge in [0.05, 0.1) is 6.67 Å². The van der Waals surface area contributed by atoms with E-state index in [1.165, 1.54) is 0 Å². The number of para-hydroxylation sites is 1. The Hall–Kier alpha value is -5.45. The first kappa shape index (κ1) is 44.7. The van der Waals surface area contributed by atoms with E-state index in [-0.39, 0.29) is 11.8 Å². The highest BCUT2D eigenvalue weighted by Gasteiger charge is 2.50. The van der Waals surface area contributed by atoms with E-state index in [1.54, 1.807) is 6.20 Å². The van der Waals surface area contributed by atoms with Crippen LogP contribution in [0.25, 0.3) is 10.9 Å². The Kier molecular flexibility index (Phi) is 15.3. The number of carboxylic acids is 3. The summed E-state index contributed by atoms with van der Waals surface area (Å²) in [5, 5.41) is 28.5. The Morgan fingerprint density at radius 2 is 1.37 bits per heavy atom. The predicted octanol–water partition coefficient (Wildman–Crippen LogP) is 3.63. The predicted molar refractivity (Wildman–Crippen MR) is 168 cm³/mol. The van der Waals surface area contributed by atoms with E-state index < -0.39 is 42.0 Å². The van der Waals surface area contributed by atoms with Crippen molar-refractivity contribution in [3.8, 4) is 0 Å². The van der Waals surface area contributed by atoms with Gasteiger partial charge in [-0.05, 0) is 36.6 Å². The van der Waals surface area contributed by atoms with Crippen molar-refractivity contribution in [3.05, 3.63) is 66.1 Å². The average molecular weight is 789 g/mol. The van der Waals surface area contributed by atoms with Gasteiger partial charge in [-0.1, -0.05) is 24.3 Å². The molecule has 2 aliphatic rings. The number of nitrogens with one attached hydrogen (secondary N) is 2. The molecular formula is C31H33F9N6O8. The van der Waals surface area contributed by atoms with Crippen LogP contribution in [0.5, 0.6) is 0 Å². The van der Waals surface area contributed by atoms with E-state index >= 15 is 0 Å². The molecule has 1 aromatic carbocycles. The Balaban J connectivity index is 0.000000393. The zero-order valence-electron chi connectivity index (χ0n) is 27.9. The number of aryl methyl sites for hydroxylation is 1. The van der Waals surface area contributed by atoms with Crippen LogP contribution in [0.2, 0.25) is 0 Å². The first-order valence-electron chi connectivity index (χ1n) is 15.3. The number of fused-ring (bicyclic) bond motifs is 1. The molecule has 0 radical (unpaired) electrons. The van der Waals surface area contributed by atoms with Gasteiger partial charge in [0.15, 0.2) is 0 Å². The van der Waals surface area contributed by atoms with Crippen LogP contribution in [0.4, 0.5) is 39.5 Å². The number of carbonyl (C=O) groups is 5. The molecule has 0 bridgehead atoms. The molecule has 2 aromatic heterocycles. The zero-order chi connectivity index (χ0) is 41.1. The standard InChI is InChI=1S/C25H30N6O2.3C2HF3O2/c1-29-21-7-3-2-6-20(21)15-22(29)23(32)27-11-14-30-12-8-25(9-13-30)24(33)28-18-31(25)17-19-5-4-10-26-16-19;3*3-2(4,5)1(6)7/h2-7,10,15-16H,8-9,11-14,17-18H2,1H3,(H,27,32)(H,28,33);3*(H,6,7). The first-order chi connectivity index (χ1) is 24.9. The molecule has 0 atom stereocenters. The third-order valence-corrected chi connectivity index (χ3v) is 7.86. The van der Waals surface area contributed by atoms with Crippen LogP contribution < -0.4 is 10.6 Å². The number of aromatic nitrogens is 2. The number of aliphatic carboxylic acids is 3. The smallest absolute Gasteiger partial charge is 0.475 e. The number of alkyl halides is 9. The molecule has 23 heteroatoms. The fourth-order valence-corrected chi connectivity index (χ4v) is 5.16. The number of nitrogens with zero attached hydrogens (tertiary/aromatic N) is 4. The van der Waals surface area contributed by atoms with Crippen molar-refractivity contribution < 1.29 is 78.8 Å². The van der Waals surface area contributed by atoms with Gasteiger partial charge in [0.1, 0.15) is 11.2 Å². The van der Waals surface area contributed by atoms with Gasteiger partial charge >= 0.3 is 36.4 Å². The normalized spacial score (nSPS) is 15.8. The van der Waals surface area contributed by atoms with Crippen LogP contribution in [0, 0.1) is 0 Å². The second-order valence-corrected chi connectivity index (χ2v) is 11.4. The minimum Gasteiger partial charge on any atom is -0.475 e. The number of pyridine rings is 1. The van der Waals surface area contributed by atoms with Gasteiger partial charge in [0.2, 0.25) is 5.91 Å². The Morgan fingerprint density at radius 1 is 0.852 bits per heavy atom. The molecule has 4 heterocycles. The molecule has 3 aromatic rings. The molecule has 2 aliphatic heterocycles. The van der Waals surface area contributed by atoms with E-state index in [0.717, 1.165) is 48.9 Å². The highest BCUT2D eigenvalue weighted by Crippen LogP contribution is 2.33. The number of carbonyl (C=O) groups excluding carboxylic acids is 2. The van der Waals surface area contributed by atoms with Crippen molar-refractivity contribution in [1.29, 1.82) is 0 Å². The van der Waals surface area contributed by atoms with Gasteiger partial charge in [0.25, 0.3) is 5.91 Å². The molecule has 0 aliphatic carbocycles. The Morgan fingerprint density at radius 3 is 1.83 bits per heavy atom. The number of benzene rings is 1. The zero-order valence-corrected chi connectivity index (χ0v) is 27.9. The highest BCUT2D eigenvalue weighted by atomic mass is 19.4. The third-order valence-electron chi connectivity index (χ3n) is 7.86. The molecule has 1 spiro atoms. The van der Waals surface area contributed by atoms with Crippen molar-refractivity contribution in [3.63, 3.8) is 0 Å². The quantitative estimate of drug-likeness (QED) is 0.229. The summed E-state index contributed by atoms with van der Waals surface area (Å²) < 4.78 is 97.1. The van der Waals surface area contributed by atoms with Crippen LogP contribution in [0.3, 0.4) is 0 Å². The lowest BCUT2D eigenvalue weighted by Crippen LogP contribution is -2.56. The van der Waals surface area contributed by atoms with Gasteiger partial charge in [0, 0.05) is 63.1 Å². The minimum atomic E-state index is -5.08. The van der Waals surface area contributed by atoms with Gasteiger partial charge in [-0.15, -0.1) is 0 Å². The molecule has 2 fully saturated rings. The van der Waals surface area contributed by atoms with Gasteiger partial charge < -0.3 is 35.4 Å². The van der Waals surface area contributed by atoms with Crippen molar-refractivity contribution in [2.75, 3.05) is 32.8 Å².